The number of amides is 1. The summed E-state index contributed by atoms with van der Waals surface area (Å²) in [4.78, 5) is 19.4. The fourth-order valence-electron chi connectivity index (χ4n) is 4.68. The lowest BCUT2D eigenvalue weighted by molar-refractivity contribution is -0.122. The number of hydrogen-bond acceptors (Lipinski definition) is 5. The largest absolute Gasteiger partial charge is 0.352 e. The second-order valence-corrected chi connectivity index (χ2v) is 8.67. The normalized spacial score (nSPS) is 20.9. The highest BCUT2D eigenvalue weighted by Gasteiger charge is 2.27. The number of nitrogens with one attached hydrogen (secondary N) is 1. The molecule has 30 heavy (non-hydrogen) atoms. The molecule has 2 aliphatic rings. The topological polar surface area (TPSA) is 71.3 Å². The number of carbonyl (C=O) groups is 1. The zero-order chi connectivity index (χ0) is 20.9. The molecule has 162 valence electrons. The Hall–Kier alpha value is -2.28. The van der Waals surface area contributed by atoms with E-state index in [0.717, 1.165) is 25.9 Å². The maximum atomic E-state index is 13.4. The highest BCUT2D eigenvalue weighted by Crippen LogP contribution is 2.25. The van der Waals surface area contributed by atoms with Gasteiger partial charge in [0.15, 0.2) is 0 Å². The Morgan fingerprint density at radius 2 is 2.07 bits per heavy atom. The average Bonchev–Trinajstić information content (AvgIpc) is 3.24. The summed E-state index contributed by atoms with van der Waals surface area (Å²) >= 11 is 0. The first-order valence-electron chi connectivity index (χ1n) is 11.2. The molecule has 1 aliphatic heterocycles. The van der Waals surface area contributed by atoms with Gasteiger partial charge in [-0.3, -0.25) is 9.69 Å². The van der Waals surface area contributed by atoms with E-state index >= 15 is 0 Å². The molecule has 1 unspecified atom stereocenters. The molecule has 1 aromatic carbocycles. The van der Waals surface area contributed by atoms with Gasteiger partial charge in [-0.15, -0.1) is 0 Å². The Labute approximate surface area is 177 Å². The van der Waals surface area contributed by atoms with E-state index < -0.39 is 0 Å². The van der Waals surface area contributed by atoms with Crippen molar-refractivity contribution >= 4 is 5.91 Å². The van der Waals surface area contributed by atoms with Gasteiger partial charge in [-0.1, -0.05) is 24.4 Å². The van der Waals surface area contributed by atoms with Crippen LogP contribution in [0.1, 0.15) is 62.8 Å². The summed E-state index contributed by atoms with van der Waals surface area (Å²) in [7, 11) is 0. The van der Waals surface area contributed by atoms with Crippen LogP contribution in [0.5, 0.6) is 0 Å². The van der Waals surface area contributed by atoms with Crippen LogP contribution in [-0.2, 0) is 11.2 Å². The third-order valence-corrected chi connectivity index (χ3v) is 6.36. The molecule has 1 saturated heterocycles. The highest BCUT2D eigenvalue weighted by atomic mass is 19.1. The molecule has 1 aliphatic carbocycles. The molecular formula is C23H31FN4O2. The van der Waals surface area contributed by atoms with Crippen LogP contribution >= 0.6 is 0 Å². The first kappa shape index (κ1) is 21.0. The number of benzene rings is 1. The monoisotopic (exact) mass is 414 g/mol. The lowest BCUT2D eigenvalue weighted by atomic mass is 9.92. The summed E-state index contributed by atoms with van der Waals surface area (Å²) < 4.78 is 18.7. The minimum Gasteiger partial charge on any atom is -0.352 e. The van der Waals surface area contributed by atoms with E-state index in [4.69, 9.17) is 4.52 Å². The van der Waals surface area contributed by atoms with E-state index in [1.54, 1.807) is 19.1 Å². The van der Waals surface area contributed by atoms with Crippen molar-refractivity contribution in [3.63, 3.8) is 0 Å². The first-order valence-corrected chi connectivity index (χ1v) is 11.2. The van der Waals surface area contributed by atoms with Crippen molar-refractivity contribution in [1.29, 1.82) is 0 Å². The molecule has 4 rings (SSSR count). The van der Waals surface area contributed by atoms with E-state index in [0.29, 0.717) is 41.7 Å². The molecule has 1 atom stereocenters. The second kappa shape index (κ2) is 9.69. The molecule has 1 N–H and O–H groups in total. The highest BCUT2D eigenvalue weighted by molar-refractivity contribution is 5.76. The number of hydrogen-bond donors (Lipinski definition) is 1. The summed E-state index contributed by atoms with van der Waals surface area (Å²) in [5.74, 6) is 0.616. The zero-order valence-corrected chi connectivity index (χ0v) is 17.7. The van der Waals surface area contributed by atoms with Crippen molar-refractivity contribution in [2.75, 3.05) is 13.1 Å². The molecule has 7 heteroatoms. The van der Waals surface area contributed by atoms with Gasteiger partial charge in [-0.25, -0.2) is 4.39 Å². The van der Waals surface area contributed by atoms with Crippen LogP contribution in [-0.4, -0.2) is 46.1 Å². The lowest BCUT2D eigenvalue weighted by Crippen LogP contribution is -2.51. The number of halogens is 1. The van der Waals surface area contributed by atoms with Gasteiger partial charge in [0.1, 0.15) is 5.82 Å². The minimum atomic E-state index is -0.260. The number of likely N-dealkylation sites (tertiary alicyclic amines) is 1. The SMILES string of the molecule is Cc1cc(-c2noc(CCC(=O)NC3CCCN(C4CCCCC4)C3)n2)ccc1F. The third-order valence-electron chi connectivity index (χ3n) is 6.36. The molecule has 2 aromatic rings. The van der Waals surface area contributed by atoms with E-state index in [-0.39, 0.29) is 17.8 Å². The smallest absolute Gasteiger partial charge is 0.227 e. The van der Waals surface area contributed by atoms with Crippen LogP contribution in [0.2, 0.25) is 0 Å². The summed E-state index contributed by atoms with van der Waals surface area (Å²) in [6.07, 6.45) is 9.55. The predicted molar refractivity (Wildman–Crippen MR) is 112 cm³/mol. The van der Waals surface area contributed by atoms with E-state index in [1.165, 1.54) is 38.2 Å². The summed E-state index contributed by atoms with van der Waals surface area (Å²) in [6, 6.07) is 5.65. The molecule has 2 heterocycles. The Morgan fingerprint density at radius 1 is 1.23 bits per heavy atom. The quantitative estimate of drug-likeness (QED) is 0.773. The van der Waals surface area contributed by atoms with Crippen molar-refractivity contribution in [2.45, 2.75) is 76.8 Å². The van der Waals surface area contributed by atoms with Crippen molar-refractivity contribution in [3.8, 4) is 11.4 Å². The molecule has 0 radical (unpaired) electrons. The fourth-order valence-corrected chi connectivity index (χ4v) is 4.68. The fraction of sp³-hybridized carbons (Fsp3) is 0.609. The predicted octanol–water partition coefficient (Wildman–Crippen LogP) is 4.03. The summed E-state index contributed by atoms with van der Waals surface area (Å²) in [6.45, 7) is 3.82. The average molecular weight is 415 g/mol. The van der Waals surface area contributed by atoms with Gasteiger partial charge in [0, 0.05) is 37.0 Å². The van der Waals surface area contributed by atoms with Crippen LogP contribution in [0, 0.1) is 12.7 Å². The number of rotatable bonds is 6. The van der Waals surface area contributed by atoms with Crippen molar-refractivity contribution in [1.82, 2.24) is 20.4 Å². The molecule has 0 spiro atoms. The number of aryl methyl sites for hydroxylation is 2. The number of piperidine rings is 1. The van der Waals surface area contributed by atoms with Crippen LogP contribution < -0.4 is 5.32 Å². The standard InChI is InChI=1S/C23H31FN4O2/c1-16-14-17(9-10-20(16)24)23-26-22(30-27-23)12-11-21(29)25-18-6-5-13-28(15-18)19-7-3-2-4-8-19/h9-10,14,18-19H,2-8,11-13,15H2,1H3,(H,25,29). The lowest BCUT2D eigenvalue weighted by Gasteiger charge is -2.40. The Morgan fingerprint density at radius 3 is 2.87 bits per heavy atom. The van der Waals surface area contributed by atoms with E-state index in [1.807, 2.05) is 0 Å². The molecule has 2 fully saturated rings. The van der Waals surface area contributed by atoms with E-state index in [9.17, 15) is 9.18 Å². The van der Waals surface area contributed by atoms with Gasteiger partial charge in [-0.05, 0) is 62.9 Å². The van der Waals surface area contributed by atoms with Crippen molar-refractivity contribution in [3.05, 3.63) is 35.5 Å². The molecule has 1 aromatic heterocycles. The van der Waals surface area contributed by atoms with Crippen LogP contribution in [0.3, 0.4) is 0 Å². The van der Waals surface area contributed by atoms with Crippen LogP contribution in [0.4, 0.5) is 4.39 Å². The summed E-state index contributed by atoms with van der Waals surface area (Å²) in [5, 5.41) is 7.16. The Bertz CT molecular complexity index is 863. The molecular weight excluding hydrogens is 383 g/mol. The molecule has 0 bridgehead atoms. The van der Waals surface area contributed by atoms with Crippen LogP contribution in [0.15, 0.2) is 22.7 Å². The maximum Gasteiger partial charge on any atom is 0.227 e. The van der Waals surface area contributed by atoms with Gasteiger partial charge < -0.3 is 9.84 Å². The molecule has 1 amide bonds. The maximum absolute atomic E-state index is 13.4. The van der Waals surface area contributed by atoms with Crippen LogP contribution in [0.25, 0.3) is 11.4 Å². The van der Waals surface area contributed by atoms with Crippen molar-refractivity contribution in [2.24, 2.45) is 0 Å². The minimum absolute atomic E-state index is 0.0304. The van der Waals surface area contributed by atoms with E-state index in [2.05, 4.69) is 20.4 Å². The van der Waals surface area contributed by atoms with Gasteiger partial charge in [0.05, 0.1) is 0 Å². The number of carbonyl (C=O) groups excluding carboxylic acids is 1. The number of nitrogens with zero attached hydrogens (tertiary/aromatic N) is 3. The second-order valence-electron chi connectivity index (χ2n) is 8.67. The Balaban J connectivity index is 1.25. The first-order chi connectivity index (χ1) is 14.6. The zero-order valence-electron chi connectivity index (χ0n) is 17.7. The molecule has 1 saturated carbocycles. The Kier molecular flexibility index (Phi) is 6.77. The summed E-state index contributed by atoms with van der Waals surface area (Å²) in [5.41, 5.74) is 1.24. The van der Waals surface area contributed by atoms with Gasteiger partial charge >= 0.3 is 0 Å². The van der Waals surface area contributed by atoms with Gasteiger partial charge in [0.2, 0.25) is 17.6 Å². The van der Waals surface area contributed by atoms with Gasteiger partial charge in [0.25, 0.3) is 0 Å². The number of aromatic nitrogens is 2. The van der Waals surface area contributed by atoms with Crippen molar-refractivity contribution < 1.29 is 13.7 Å². The molecule has 6 nitrogen and oxygen atoms in total. The van der Waals surface area contributed by atoms with Gasteiger partial charge in [-0.2, -0.15) is 4.98 Å². The third kappa shape index (κ3) is 5.25.